The number of allylic oxidation sites excluding steroid dienone is 3. The summed E-state index contributed by atoms with van der Waals surface area (Å²) in [6, 6.07) is 1.86. The largest absolute Gasteiger partial charge is 0.387 e. The Morgan fingerprint density at radius 1 is 1.34 bits per heavy atom. The number of rotatable bonds is 3. The molecule has 0 bridgehead atoms. The third-order valence-corrected chi connectivity index (χ3v) is 6.44. The molecular weight excluding hydrogens is 368 g/mol. The Balaban J connectivity index is 1.72. The quantitative estimate of drug-likeness (QED) is 0.539. The fraction of sp³-hybridized carbons (Fsp3) is 0.500. The van der Waals surface area contributed by atoms with Crippen LogP contribution in [0.5, 0.6) is 0 Å². The Kier molecular flexibility index (Phi) is 4.94. The fourth-order valence-corrected chi connectivity index (χ4v) is 4.80. The van der Waals surface area contributed by atoms with E-state index in [0.717, 1.165) is 66.6 Å². The Hall–Kier alpha value is -2.67. The van der Waals surface area contributed by atoms with E-state index in [9.17, 15) is 14.7 Å². The third-order valence-electron chi connectivity index (χ3n) is 6.44. The third kappa shape index (κ3) is 3.23. The number of nitrogens with zero attached hydrogens (tertiary/aromatic N) is 2. The van der Waals surface area contributed by atoms with E-state index < -0.39 is 11.8 Å². The number of amides is 2. The number of fused-ring (bicyclic) bond motifs is 1. The van der Waals surface area contributed by atoms with E-state index in [2.05, 4.69) is 15.6 Å². The minimum absolute atomic E-state index is 0.176. The Bertz CT molecular complexity index is 926. The normalized spacial score (nSPS) is 23.4. The molecule has 1 aromatic rings. The molecule has 1 spiro atoms. The van der Waals surface area contributed by atoms with Gasteiger partial charge in [0.25, 0.3) is 5.91 Å². The highest BCUT2D eigenvalue weighted by atomic mass is 16.3. The summed E-state index contributed by atoms with van der Waals surface area (Å²) >= 11 is 0. The van der Waals surface area contributed by atoms with Gasteiger partial charge in [0.15, 0.2) is 0 Å². The molecule has 2 aliphatic heterocycles. The van der Waals surface area contributed by atoms with Crippen molar-refractivity contribution in [2.75, 3.05) is 5.32 Å². The minimum atomic E-state index is -0.633. The average molecular weight is 396 g/mol. The van der Waals surface area contributed by atoms with E-state index in [1.807, 2.05) is 19.9 Å². The van der Waals surface area contributed by atoms with E-state index >= 15 is 0 Å². The highest BCUT2D eigenvalue weighted by molar-refractivity contribution is 6.00. The highest BCUT2D eigenvalue weighted by Gasteiger charge is 2.49. The minimum Gasteiger partial charge on any atom is -0.387 e. The predicted molar refractivity (Wildman–Crippen MR) is 109 cm³/mol. The van der Waals surface area contributed by atoms with E-state index in [-0.39, 0.29) is 5.91 Å². The molecule has 1 aromatic heterocycles. The number of pyridine rings is 1. The van der Waals surface area contributed by atoms with E-state index in [0.29, 0.717) is 17.8 Å². The smallest absolute Gasteiger partial charge is 0.270 e. The van der Waals surface area contributed by atoms with E-state index in [1.165, 1.54) is 0 Å². The van der Waals surface area contributed by atoms with Crippen molar-refractivity contribution in [3.8, 4) is 0 Å². The maximum Gasteiger partial charge on any atom is 0.270 e. The van der Waals surface area contributed by atoms with Crippen LogP contribution in [0.3, 0.4) is 0 Å². The molecule has 1 unspecified atom stereocenters. The molecule has 1 aliphatic carbocycles. The van der Waals surface area contributed by atoms with E-state index in [1.54, 1.807) is 18.0 Å². The summed E-state index contributed by atoms with van der Waals surface area (Å²) in [5, 5.41) is 16.3. The SMILES string of the molecule is CC1=C(/C(C)=C2/C(=O)NC3(CCCCC3)N2C=O)Cc2cnc(C(C)O)cc2N1. The van der Waals surface area contributed by atoms with Gasteiger partial charge in [-0.1, -0.05) is 6.42 Å². The highest BCUT2D eigenvalue weighted by Crippen LogP contribution is 2.40. The van der Waals surface area contributed by atoms with Gasteiger partial charge in [-0.2, -0.15) is 0 Å². The summed E-state index contributed by atoms with van der Waals surface area (Å²) in [5.74, 6) is -0.176. The summed E-state index contributed by atoms with van der Waals surface area (Å²) in [7, 11) is 0. The van der Waals surface area contributed by atoms with Crippen molar-refractivity contribution in [3.63, 3.8) is 0 Å². The van der Waals surface area contributed by atoms with Crippen LogP contribution in [0.1, 0.15) is 70.2 Å². The van der Waals surface area contributed by atoms with Crippen molar-refractivity contribution in [3.05, 3.63) is 46.1 Å². The number of aromatic nitrogens is 1. The van der Waals surface area contributed by atoms with Gasteiger partial charge in [-0.15, -0.1) is 0 Å². The fourth-order valence-electron chi connectivity index (χ4n) is 4.80. The first kappa shape index (κ1) is 19.6. The number of hydrogen-bond donors (Lipinski definition) is 3. The number of carbonyl (C=O) groups is 2. The molecule has 3 heterocycles. The zero-order valence-electron chi connectivity index (χ0n) is 17.2. The molecule has 2 fully saturated rings. The predicted octanol–water partition coefficient (Wildman–Crippen LogP) is 2.90. The lowest BCUT2D eigenvalue weighted by atomic mass is 9.88. The van der Waals surface area contributed by atoms with Crippen LogP contribution in [-0.4, -0.2) is 33.0 Å². The molecule has 0 aromatic carbocycles. The molecule has 7 nitrogen and oxygen atoms in total. The second-order valence-corrected chi connectivity index (χ2v) is 8.34. The summed E-state index contributed by atoms with van der Waals surface area (Å²) < 4.78 is 0. The Labute approximate surface area is 170 Å². The van der Waals surface area contributed by atoms with Crippen LogP contribution in [0.25, 0.3) is 0 Å². The van der Waals surface area contributed by atoms with Crippen molar-refractivity contribution >= 4 is 18.0 Å². The Morgan fingerprint density at radius 3 is 2.72 bits per heavy atom. The molecule has 1 saturated carbocycles. The van der Waals surface area contributed by atoms with Gasteiger partial charge in [0, 0.05) is 24.0 Å². The van der Waals surface area contributed by atoms with Crippen molar-refractivity contribution in [2.24, 2.45) is 0 Å². The molecule has 154 valence electrons. The summed E-state index contributed by atoms with van der Waals surface area (Å²) in [6.07, 6.45) is 7.28. The molecule has 29 heavy (non-hydrogen) atoms. The molecule has 7 heteroatoms. The second-order valence-electron chi connectivity index (χ2n) is 8.34. The van der Waals surface area contributed by atoms with Gasteiger partial charge in [0.2, 0.25) is 6.41 Å². The van der Waals surface area contributed by atoms with Gasteiger partial charge in [-0.25, -0.2) is 0 Å². The van der Waals surface area contributed by atoms with Gasteiger partial charge in [0.05, 0.1) is 11.8 Å². The number of anilines is 1. The van der Waals surface area contributed by atoms with Crippen LogP contribution in [0.15, 0.2) is 34.8 Å². The molecule has 2 amide bonds. The van der Waals surface area contributed by atoms with Crippen LogP contribution in [0.2, 0.25) is 0 Å². The van der Waals surface area contributed by atoms with Gasteiger partial charge < -0.3 is 15.7 Å². The van der Waals surface area contributed by atoms with Crippen LogP contribution in [0.4, 0.5) is 5.69 Å². The van der Waals surface area contributed by atoms with Gasteiger partial charge >= 0.3 is 0 Å². The number of carbonyl (C=O) groups excluding carboxylic acids is 2. The maximum atomic E-state index is 12.9. The van der Waals surface area contributed by atoms with Crippen molar-refractivity contribution in [1.29, 1.82) is 0 Å². The standard InChI is InChI=1S/C22H28N4O3/c1-13(20-21(29)25-22(26(20)12-27)7-5-4-6-8-22)17-9-16-11-23-18(15(3)28)10-19(16)24-14(17)2/h10-12,15,24,28H,4-9H2,1-3H3,(H,25,29)/b20-13-. The topological polar surface area (TPSA) is 94.6 Å². The van der Waals surface area contributed by atoms with E-state index in [4.69, 9.17) is 0 Å². The van der Waals surface area contributed by atoms with Crippen molar-refractivity contribution < 1.29 is 14.7 Å². The number of aliphatic hydroxyl groups excluding tert-OH is 1. The molecule has 3 aliphatic rings. The monoisotopic (exact) mass is 396 g/mol. The maximum absolute atomic E-state index is 12.9. The lowest BCUT2D eigenvalue weighted by Crippen LogP contribution is -2.52. The first-order valence-corrected chi connectivity index (χ1v) is 10.3. The average Bonchev–Trinajstić information content (AvgIpc) is 2.97. The molecule has 1 atom stereocenters. The molecule has 3 N–H and O–H groups in total. The van der Waals surface area contributed by atoms with Crippen LogP contribution in [0, 0.1) is 0 Å². The molecule has 1 saturated heterocycles. The molecule has 4 rings (SSSR count). The van der Waals surface area contributed by atoms with Gasteiger partial charge in [-0.05, 0) is 69.2 Å². The second kappa shape index (κ2) is 7.30. The zero-order valence-corrected chi connectivity index (χ0v) is 17.2. The summed E-state index contributed by atoms with van der Waals surface area (Å²) in [6.45, 7) is 5.57. The lowest BCUT2D eigenvalue weighted by molar-refractivity contribution is -0.121. The Morgan fingerprint density at radius 2 is 2.07 bits per heavy atom. The number of hydrogen-bond acceptors (Lipinski definition) is 5. The first-order chi connectivity index (χ1) is 13.9. The lowest BCUT2D eigenvalue weighted by Gasteiger charge is -2.38. The number of aliphatic hydroxyl groups is 1. The van der Waals surface area contributed by atoms with Crippen LogP contribution >= 0.6 is 0 Å². The van der Waals surface area contributed by atoms with Crippen molar-refractivity contribution in [1.82, 2.24) is 15.2 Å². The molecule has 0 radical (unpaired) electrons. The molecular formula is C22H28N4O3. The van der Waals surface area contributed by atoms with Gasteiger partial charge in [-0.3, -0.25) is 19.5 Å². The van der Waals surface area contributed by atoms with Crippen LogP contribution in [-0.2, 0) is 16.0 Å². The number of nitrogens with one attached hydrogen (secondary N) is 2. The first-order valence-electron chi connectivity index (χ1n) is 10.3. The van der Waals surface area contributed by atoms with Gasteiger partial charge in [0.1, 0.15) is 11.4 Å². The zero-order chi connectivity index (χ0) is 20.8. The van der Waals surface area contributed by atoms with Crippen LogP contribution < -0.4 is 10.6 Å². The van der Waals surface area contributed by atoms with Crippen molar-refractivity contribution in [2.45, 2.75) is 71.1 Å². The summed E-state index contributed by atoms with van der Waals surface area (Å²) in [5.41, 5.74) is 5.16. The summed E-state index contributed by atoms with van der Waals surface area (Å²) in [4.78, 5) is 30.9.